The van der Waals surface area contributed by atoms with Gasteiger partial charge in [0.2, 0.25) is 0 Å². The molecule has 0 saturated carbocycles. The third-order valence-electron chi connectivity index (χ3n) is 1.98. The number of aldehydes is 1. The van der Waals surface area contributed by atoms with E-state index in [9.17, 15) is 4.79 Å². The van der Waals surface area contributed by atoms with Gasteiger partial charge in [-0.2, -0.15) is 0 Å². The fourth-order valence-corrected chi connectivity index (χ4v) is 2.16. The Hall–Kier alpha value is -1.42. The third kappa shape index (κ3) is 2.33. The van der Waals surface area contributed by atoms with Crippen LogP contribution in [0, 0.1) is 0 Å². The van der Waals surface area contributed by atoms with Crippen LogP contribution < -0.4 is 0 Å². The van der Waals surface area contributed by atoms with Crippen LogP contribution in [0.3, 0.4) is 0 Å². The van der Waals surface area contributed by atoms with Gasteiger partial charge in [0.1, 0.15) is 17.6 Å². The van der Waals surface area contributed by atoms with Gasteiger partial charge in [0.25, 0.3) is 0 Å². The first-order valence-corrected chi connectivity index (χ1v) is 5.66. The van der Waals surface area contributed by atoms with E-state index in [0.29, 0.717) is 6.42 Å². The van der Waals surface area contributed by atoms with Crippen molar-refractivity contribution in [2.75, 3.05) is 5.75 Å². The van der Waals surface area contributed by atoms with Crippen LogP contribution in [-0.2, 0) is 4.79 Å². The van der Waals surface area contributed by atoms with Gasteiger partial charge in [0.15, 0.2) is 0 Å². The Morgan fingerprint density at radius 1 is 1.27 bits per heavy atom. The second kappa shape index (κ2) is 4.89. The van der Waals surface area contributed by atoms with Gasteiger partial charge < -0.3 is 4.79 Å². The highest BCUT2D eigenvalue weighted by Gasteiger charge is 2.02. The van der Waals surface area contributed by atoms with Gasteiger partial charge in [-0.05, 0) is 6.07 Å². The first kappa shape index (κ1) is 10.1. The molecule has 0 N–H and O–H groups in total. The van der Waals surface area contributed by atoms with Crippen molar-refractivity contribution < 1.29 is 4.79 Å². The van der Waals surface area contributed by atoms with Crippen molar-refractivity contribution in [3.63, 3.8) is 0 Å². The summed E-state index contributed by atoms with van der Waals surface area (Å²) < 4.78 is 0. The van der Waals surface area contributed by atoms with Crippen molar-refractivity contribution >= 4 is 29.0 Å². The number of hydrogen-bond donors (Lipinski definition) is 0. The quantitative estimate of drug-likeness (QED) is 0.342. The molecule has 1 aromatic carbocycles. The molecule has 1 heterocycles. The molecule has 0 bridgehead atoms. The maximum absolute atomic E-state index is 10.2. The second-order valence-corrected chi connectivity index (χ2v) is 4.08. The molecule has 0 fully saturated rings. The minimum atomic E-state index is 0.559. The molecule has 0 aliphatic heterocycles. The highest BCUT2D eigenvalue weighted by atomic mass is 32.2. The van der Waals surface area contributed by atoms with Crippen LogP contribution in [0.5, 0.6) is 0 Å². The van der Waals surface area contributed by atoms with Crippen LogP contribution in [0.15, 0.2) is 35.6 Å². The molecule has 0 radical (unpaired) electrons. The number of thioether (sulfide) groups is 1. The molecule has 0 spiro atoms. The topological polar surface area (TPSA) is 42.9 Å². The van der Waals surface area contributed by atoms with E-state index >= 15 is 0 Å². The monoisotopic (exact) mass is 218 g/mol. The number of fused-ring (bicyclic) bond motifs is 1. The Bertz CT molecular complexity index is 468. The molecule has 2 rings (SSSR count). The van der Waals surface area contributed by atoms with E-state index in [1.807, 2.05) is 24.3 Å². The molecule has 0 saturated heterocycles. The van der Waals surface area contributed by atoms with E-state index in [1.54, 1.807) is 18.1 Å². The molecule has 0 aliphatic rings. The van der Waals surface area contributed by atoms with Crippen LogP contribution in [0.2, 0.25) is 0 Å². The van der Waals surface area contributed by atoms with Gasteiger partial charge in [0.05, 0.1) is 5.52 Å². The van der Waals surface area contributed by atoms with E-state index in [4.69, 9.17) is 0 Å². The normalized spacial score (nSPS) is 10.4. The maximum Gasteiger partial charge on any atom is 0.120 e. The summed E-state index contributed by atoms with van der Waals surface area (Å²) in [5, 5.41) is 2.00. The number of rotatable bonds is 4. The number of carbonyl (C=O) groups excluding carboxylic acids is 1. The largest absolute Gasteiger partial charge is 0.303 e. The minimum Gasteiger partial charge on any atom is -0.303 e. The van der Waals surface area contributed by atoms with Crippen LogP contribution >= 0.6 is 11.8 Å². The standard InChI is InChI=1S/C11H10N2OS/c14-6-3-7-15-11-9-4-1-2-5-10(9)12-8-13-11/h1-2,4-6,8H,3,7H2. The van der Waals surface area contributed by atoms with Crippen LogP contribution in [0.1, 0.15) is 6.42 Å². The summed E-state index contributed by atoms with van der Waals surface area (Å²) in [6.45, 7) is 0. The lowest BCUT2D eigenvalue weighted by molar-refractivity contribution is -0.107. The molecule has 0 amide bonds. The van der Waals surface area contributed by atoms with Gasteiger partial charge in [-0.1, -0.05) is 18.2 Å². The van der Waals surface area contributed by atoms with Crippen LogP contribution in [0.25, 0.3) is 10.9 Å². The van der Waals surface area contributed by atoms with Gasteiger partial charge in [-0.15, -0.1) is 11.8 Å². The summed E-state index contributed by atoms with van der Waals surface area (Å²) in [5.41, 5.74) is 0.945. The lowest BCUT2D eigenvalue weighted by atomic mass is 10.2. The molecular formula is C11H10N2OS. The van der Waals surface area contributed by atoms with E-state index < -0.39 is 0 Å². The zero-order valence-corrected chi connectivity index (χ0v) is 8.91. The summed E-state index contributed by atoms with van der Waals surface area (Å²) in [7, 11) is 0. The zero-order chi connectivity index (χ0) is 10.5. The molecule has 3 nitrogen and oxygen atoms in total. The van der Waals surface area contributed by atoms with E-state index in [-0.39, 0.29) is 0 Å². The number of nitrogens with zero attached hydrogens (tertiary/aromatic N) is 2. The summed E-state index contributed by atoms with van der Waals surface area (Å²) in [6.07, 6.45) is 3.05. The number of carbonyl (C=O) groups is 1. The average molecular weight is 218 g/mol. The van der Waals surface area contributed by atoms with Gasteiger partial charge in [-0.3, -0.25) is 0 Å². The van der Waals surface area contributed by atoms with Crippen LogP contribution in [0.4, 0.5) is 0 Å². The molecule has 2 aromatic rings. The smallest absolute Gasteiger partial charge is 0.120 e. The Morgan fingerprint density at radius 2 is 2.13 bits per heavy atom. The molecule has 0 unspecified atom stereocenters. The lowest BCUT2D eigenvalue weighted by Gasteiger charge is -2.02. The van der Waals surface area contributed by atoms with Crippen LogP contribution in [-0.4, -0.2) is 22.0 Å². The molecule has 0 aliphatic carbocycles. The SMILES string of the molecule is O=CCCSc1ncnc2ccccc12. The molecule has 0 atom stereocenters. The van der Waals surface area contributed by atoms with E-state index in [2.05, 4.69) is 9.97 Å². The Balaban J connectivity index is 2.30. The van der Waals surface area contributed by atoms with Crippen molar-refractivity contribution in [3.05, 3.63) is 30.6 Å². The Kier molecular flexibility index (Phi) is 3.29. The number of aromatic nitrogens is 2. The van der Waals surface area contributed by atoms with Crippen molar-refractivity contribution in [1.29, 1.82) is 0 Å². The highest BCUT2D eigenvalue weighted by molar-refractivity contribution is 7.99. The Labute approximate surface area is 91.9 Å². The predicted octanol–water partition coefficient (Wildman–Crippen LogP) is 2.31. The molecule has 4 heteroatoms. The summed E-state index contributed by atoms with van der Waals surface area (Å²) in [6, 6.07) is 7.88. The van der Waals surface area contributed by atoms with Gasteiger partial charge in [0, 0.05) is 17.6 Å². The maximum atomic E-state index is 10.2. The highest BCUT2D eigenvalue weighted by Crippen LogP contribution is 2.24. The molecular weight excluding hydrogens is 208 g/mol. The number of para-hydroxylation sites is 1. The van der Waals surface area contributed by atoms with Crippen molar-refractivity contribution in [3.8, 4) is 0 Å². The summed E-state index contributed by atoms with van der Waals surface area (Å²) in [4.78, 5) is 18.6. The first-order valence-electron chi connectivity index (χ1n) is 4.68. The summed E-state index contributed by atoms with van der Waals surface area (Å²) >= 11 is 1.59. The molecule has 1 aromatic heterocycles. The van der Waals surface area contributed by atoms with E-state index in [1.165, 1.54) is 0 Å². The predicted molar refractivity (Wildman–Crippen MR) is 60.9 cm³/mol. The van der Waals surface area contributed by atoms with Crippen molar-refractivity contribution in [1.82, 2.24) is 9.97 Å². The third-order valence-corrected chi connectivity index (χ3v) is 3.02. The first-order chi connectivity index (χ1) is 7.42. The van der Waals surface area contributed by atoms with Crippen molar-refractivity contribution in [2.24, 2.45) is 0 Å². The summed E-state index contributed by atoms with van der Waals surface area (Å²) in [5.74, 6) is 0.768. The average Bonchev–Trinajstić information content (AvgIpc) is 2.30. The Morgan fingerprint density at radius 3 is 3.00 bits per heavy atom. The number of hydrogen-bond acceptors (Lipinski definition) is 4. The lowest BCUT2D eigenvalue weighted by Crippen LogP contribution is -1.88. The van der Waals surface area contributed by atoms with Gasteiger partial charge in [-0.25, -0.2) is 9.97 Å². The fourth-order valence-electron chi connectivity index (χ4n) is 1.30. The zero-order valence-electron chi connectivity index (χ0n) is 8.09. The number of benzene rings is 1. The molecule has 15 heavy (non-hydrogen) atoms. The van der Waals surface area contributed by atoms with Crippen molar-refractivity contribution in [2.45, 2.75) is 11.4 Å². The fraction of sp³-hybridized carbons (Fsp3) is 0.182. The minimum absolute atomic E-state index is 0.559. The molecule has 76 valence electrons. The van der Waals surface area contributed by atoms with Gasteiger partial charge >= 0.3 is 0 Å². The second-order valence-electron chi connectivity index (χ2n) is 3.00. The van der Waals surface area contributed by atoms with E-state index in [0.717, 1.165) is 28.0 Å².